The second kappa shape index (κ2) is 7.97. The van der Waals surface area contributed by atoms with Crippen molar-refractivity contribution >= 4 is 11.9 Å². The van der Waals surface area contributed by atoms with E-state index in [-0.39, 0.29) is 12.0 Å². The lowest BCUT2D eigenvalue weighted by atomic mass is 10.0. The third kappa shape index (κ3) is 4.45. The molecule has 0 aromatic heterocycles. The van der Waals surface area contributed by atoms with Gasteiger partial charge in [-0.15, -0.1) is 0 Å². The predicted octanol–water partition coefficient (Wildman–Crippen LogP) is 1.92. The van der Waals surface area contributed by atoms with Crippen LogP contribution >= 0.6 is 0 Å². The number of rotatable bonds is 6. The zero-order valence-corrected chi connectivity index (χ0v) is 13.5. The maximum Gasteiger partial charge on any atom is 0.315 e. The van der Waals surface area contributed by atoms with E-state index in [4.69, 9.17) is 14.6 Å². The van der Waals surface area contributed by atoms with E-state index in [0.717, 1.165) is 11.3 Å². The summed E-state index contributed by atoms with van der Waals surface area (Å²) >= 11 is 0. The lowest BCUT2D eigenvalue weighted by Crippen LogP contribution is -2.44. The average molecular weight is 321 g/mol. The van der Waals surface area contributed by atoms with Gasteiger partial charge in [0.15, 0.2) is 0 Å². The molecular weight excluding hydrogens is 298 g/mol. The minimum absolute atomic E-state index is 0.0732. The number of methoxy groups -OCH3 is 1. The van der Waals surface area contributed by atoms with Gasteiger partial charge in [0.05, 0.1) is 19.8 Å². The summed E-state index contributed by atoms with van der Waals surface area (Å²) in [5, 5.41) is 8.91. The maximum absolute atomic E-state index is 12.0. The Balaban J connectivity index is 1.81. The highest BCUT2D eigenvalue weighted by molar-refractivity contribution is 5.96. The number of amides is 1. The first-order chi connectivity index (χ1) is 11.0. The molecule has 1 aliphatic heterocycles. The smallest absolute Gasteiger partial charge is 0.315 e. The van der Waals surface area contributed by atoms with Crippen LogP contribution in [0, 0.1) is 5.92 Å². The van der Waals surface area contributed by atoms with E-state index in [2.05, 4.69) is 0 Å². The summed E-state index contributed by atoms with van der Waals surface area (Å²) in [5.41, 5.74) is 0.994. The van der Waals surface area contributed by atoms with E-state index < -0.39 is 11.9 Å². The summed E-state index contributed by atoms with van der Waals surface area (Å²) in [6.07, 6.45) is 1.50. The van der Waals surface area contributed by atoms with Gasteiger partial charge in [0, 0.05) is 18.7 Å². The Hall–Kier alpha value is -2.08. The SMILES string of the molecule is COc1ccccc1COC1CCN(C(=O)C(C)C(=O)O)CC1. The van der Waals surface area contributed by atoms with Crippen molar-refractivity contribution in [3.63, 3.8) is 0 Å². The number of para-hydroxylation sites is 1. The Kier molecular flexibility index (Phi) is 5.98. The third-order valence-corrected chi connectivity index (χ3v) is 4.16. The highest BCUT2D eigenvalue weighted by Crippen LogP contribution is 2.22. The molecule has 6 nitrogen and oxygen atoms in total. The second-order valence-corrected chi connectivity index (χ2v) is 5.71. The van der Waals surface area contributed by atoms with Gasteiger partial charge in [0.1, 0.15) is 11.7 Å². The summed E-state index contributed by atoms with van der Waals surface area (Å²) in [6, 6.07) is 7.71. The predicted molar refractivity (Wildman–Crippen MR) is 84.2 cm³/mol. The molecule has 23 heavy (non-hydrogen) atoms. The summed E-state index contributed by atoms with van der Waals surface area (Å²) in [7, 11) is 1.63. The molecule has 1 aromatic rings. The van der Waals surface area contributed by atoms with Gasteiger partial charge in [-0.3, -0.25) is 9.59 Å². The Morgan fingerprint density at radius 2 is 1.96 bits per heavy atom. The number of nitrogens with zero attached hydrogens (tertiary/aromatic N) is 1. The summed E-state index contributed by atoms with van der Waals surface area (Å²) in [6.45, 7) is 2.96. The molecule has 6 heteroatoms. The highest BCUT2D eigenvalue weighted by atomic mass is 16.5. The summed E-state index contributed by atoms with van der Waals surface area (Å²) < 4.78 is 11.2. The van der Waals surface area contributed by atoms with Crippen LogP contribution in [0.1, 0.15) is 25.3 Å². The van der Waals surface area contributed by atoms with Crippen molar-refractivity contribution in [1.29, 1.82) is 0 Å². The van der Waals surface area contributed by atoms with Gasteiger partial charge in [-0.2, -0.15) is 0 Å². The first kappa shape index (κ1) is 17.3. The number of carbonyl (C=O) groups excluding carboxylic acids is 1. The highest BCUT2D eigenvalue weighted by Gasteiger charge is 2.29. The molecule has 126 valence electrons. The molecule has 1 aliphatic rings. The number of hydrogen-bond acceptors (Lipinski definition) is 4. The van der Waals surface area contributed by atoms with Crippen molar-refractivity contribution in [3.8, 4) is 5.75 Å². The lowest BCUT2D eigenvalue weighted by molar-refractivity contribution is -0.151. The number of likely N-dealkylation sites (tertiary alicyclic amines) is 1. The fourth-order valence-electron chi connectivity index (χ4n) is 2.65. The molecule has 1 heterocycles. The van der Waals surface area contributed by atoms with E-state index in [9.17, 15) is 9.59 Å². The first-order valence-electron chi connectivity index (χ1n) is 7.78. The van der Waals surface area contributed by atoms with Crippen LogP contribution in [-0.4, -0.2) is 48.2 Å². The zero-order valence-electron chi connectivity index (χ0n) is 13.5. The third-order valence-electron chi connectivity index (χ3n) is 4.16. The molecule has 0 saturated carbocycles. The zero-order chi connectivity index (χ0) is 16.8. The van der Waals surface area contributed by atoms with Gasteiger partial charge in [-0.05, 0) is 25.8 Å². The van der Waals surface area contributed by atoms with Crippen molar-refractivity contribution in [2.24, 2.45) is 5.92 Å². The van der Waals surface area contributed by atoms with Crippen LogP contribution in [0.2, 0.25) is 0 Å². The largest absolute Gasteiger partial charge is 0.496 e. The molecule has 1 N–H and O–H groups in total. The van der Waals surface area contributed by atoms with Crippen LogP contribution in [-0.2, 0) is 20.9 Å². The van der Waals surface area contributed by atoms with Gasteiger partial charge in [0.25, 0.3) is 0 Å². The van der Waals surface area contributed by atoms with Crippen molar-refractivity contribution in [2.45, 2.75) is 32.5 Å². The van der Waals surface area contributed by atoms with Crippen LogP contribution in [0.15, 0.2) is 24.3 Å². The molecule has 1 amide bonds. The number of carboxylic acid groups (broad SMARTS) is 1. The molecule has 1 saturated heterocycles. The number of benzene rings is 1. The Morgan fingerprint density at radius 3 is 2.57 bits per heavy atom. The van der Waals surface area contributed by atoms with Crippen molar-refractivity contribution in [3.05, 3.63) is 29.8 Å². The molecule has 2 rings (SSSR count). The quantitative estimate of drug-likeness (QED) is 0.810. The number of carboxylic acids is 1. The molecule has 0 bridgehead atoms. The van der Waals surface area contributed by atoms with Crippen LogP contribution in [0.25, 0.3) is 0 Å². The number of ether oxygens (including phenoxy) is 2. The Bertz CT molecular complexity index is 552. The standard InChI is InChI=1S/C17H23NO5/c1-12(17(20)21)16(19)18-9-7-14(8-10-18)23-11-13-5-3-4-6-15(13)22-2/h3-6,12,14H,7-11H2,1-2H3,(H,20,21). The molecule has 1 fully saturated rings. The monoisotopic (exact) mass is 321 g/mol. The van der Waals surface area contributed by atoms with Gasteiger partial charge >= 0.3 is 5.97 Å². The Labute approximate surface area is 136 Å². The van der Waals surface area contributed by atoms with Crippen molar-refractivity contribution < 1.29 is 24.2 Å². The number of aliphatic carboxylic acids is 1. The minimum atomic E-state index is -1.08. The van der Waals surface area contributed by atoms with Gasteiger partial charge in [-0.1, -0.05) is 18.2 Å². The molecule has 0 radical (unpaired) electrons. The van der Waals surface area contributed by atoms with E-state index >= 15 is 0 Å². The number of piperidine rings is 1. The van der Waals surface area contributed by atoms with E-state index in [0.29, 0.717) is 32.5 Å². The molecule has 0 aliphatic carbocycles. The Morgan fingerprint density at radius 1 is 1.30 bits per heavy atom. The fraction of sp³-hybridized carbons (Fsp3) is 0.529. The van der Waals surface area contributed by atoms with Crippen LogP contribution in [0.4, 0.5) is 0 Å². The number of carbonyl (C=O) groups is 2. The van der Waals surface area contributed by atoms with Gasteiger partial charge in [0.2, 0.25) is 5.91 Å². The molecule has 0 spiro atoms. The van der Waals surface area contributed by atoms with Crippen LogP contribution in [0.3, 0.4) is 0 Å². The number of hydrogen-bond donors (Lipinski definition) is 1. The van der Waals surface area contributed by atoms with Crippen LogP contribution < -0.4 is 4.74 Å². The molecule has 1 atom stereocenters. The molecular formula is C17H23NO5. The van der Waals surface area contributed by atoms with Crippen LogP contribution in [0.5, 0.6) is 5.75 Å². The molecule has 1 aromatic carbocycles. The van der Waals surface area contributed by atoms with Gasteiger partial charge in [-0.25, -0.2) is 0 Å². The van der Waals surface area contributed by atoms with Gasteiger partial charge < -0.3 is 19.5 Å². The minimum Gasteiger partial charge on any atom is -0.496 e. The maximum atomic E-state index is 12.0. The molecule has 1 unspecified atom stereocenters. The normalized spacial score (nSPS) is 16.9. The summed E-state index contributed by atoms with van der Waals surface area (Å²) in [4.78, 5) is 24.5. The van der Waals surface area contributed by atoms with E-state index in [1.807, 2.05) is 24.3 Å². The summed E-state index contributed by atoms with van der Waals surface area (Å²) in [5.74, 6) is -1.58. The second-order valence-electron chi connectivity index (χ2n) is 5.71. The van der Waals surface area contributed by atoms with E-state index in [1.165, 1.54) is 6.92 Å². The topological polar surface area (TPSA) is 76.1 Å². The van der Waals surface area contributed by atoms with Crippen molar-refractivity contribution in [1.82, 2.24) is 4.90 Å². The van der Waals surface area contributed by atoms with Crippen molar-refractivity contribution in [2.75, 3.05) is 20.2 Å². The average Bonchev–Trinajstić information content (AvgIpc) is 2.59. The lowest BCUT2D eigenvalue weighted by Gasteiger charge is -2.33. The fourth-order valence-corrected chi connectivity index (χ4v) is 2.65. The van der Waals surface area contributed by atoms with E-state index in [1.54, 1.807) is 12.0 Å². The first-order valence-corrected chi connectivity index (χ1v) is 7.78.